The number of rotatable bonds is 6. The second-order valence-electron chi connectivity index (χ2n) is 23.4. The zero-order chi connectivity index (χ0) is 58.5. The molecule has 4 aromatic carbocycles. The van der Waals surface area contributed by atoms with Crippen LogP contribution in [0.25, 0.3) is 0 Å². The number of hydrogen-bond acceptors (Lipinski definition) is 1. The molecular weight excluding hydrogens is 1070 g/mol. The van der Waals surface area contributed by atoms with Crippen LogP contribution < -0.4 is 21.9 Å². The van der Waals surface area contributed by atoms with Gasteiger partial charge in [0.1, 0.15) is 52.7 Å². The second kappa shape index (κ2) is 20.3. The van der Waals surface area contributed by atoms with E-state index in [-0.39, 0.29) is 30.9 Å². The lowest BCUT2D eigenvalue weighted by Crippen LogP contribution is -2.81. The molecule has 0 aromatic heterocycles. The van der Waals surface area contributed by atoms with Crippen molar-refractivity contribution in [2.24, 2.45) is 15.0 Å². The van der Waals surface area contributed by atoms with Crippen molar-refractivity contribution >= 4 is 42.5 Å². The Hall–Kier alpha value is -4.20. The molecule has 0 N–H and O–H groups in total. The maximum absolute atomic E-state index is 15.4. The van der Waals surface area contributed by atoms with Crippen LogP contribution in [0, 0.1) is 116 Å². The molecule has 0 aliphatic heterocycles. The molecule has 4 aromatic rings. The van der Waals surface area contributed by atoms with E-state index in [0.29, 0.717) is 0 Å². The maximum Gasteiger partial charge on any atom is 0.200 e. The maximum atomic E-state index is 15.4. The van der Waals surface area contributed by atoms with Crippen molar-refractivity contribution in [3.05, 3.63) is 116 Å². The highest BCUT2D eigenvalue weighted by Gasteiger charge is 2.67. The van der Waals surface area contributed by atoms with E-state index in [1.54, 1.807) is 0 Å². The molecule has 414 valence electrons. The lowest BCUT2D eigenvalue weighted by atomic mass is 9.12. The van der Waals surface area contributed by atoms with Gasteiger partial charge in [0.25, 0.3) is 0 Å². The highest BCUT2D eigenvalue weighted by atomic mass is 31.2. The molecule has 0 amide bonds. The molecular formula is C48H54BF20N3P2. The van der Waals surface area contributed by atoms with Gasteiger partial charge in [-0.25, -0.2) is 87.8 Å². The first-order valence-corrected chi connectivity index (χ1v) is 25.6. The molecule has 3 nitrogen and oxygen atoms in total. The van der Waals surface area contributed by atoms with Crippen LogP contribution in [0.15, 0.2) is 15.0 Å². The van der Waals surface area contributed by atoms with Gasteiger partial charge in [0, 0.05) is 22.5 Å². The van der Waals surface area contributed by atoms with Gasteiger partial charge >= 0.3 is 0 Å². The van der Waals surface area contributed by atoms with Crippen molar-refractivity contribution in [3.8, 4) is 0 Å². The van der Waals surface area contributed by atoms with Gasteiger partial charge in [-0.15, -0.1) is 26.7 Å². The molecule has 0 aliphatic rings. The topological polar surface area (TPSA) is 37.1 Å². The summed E-state index contributed by atoms with van der Waals surface area (Å²) in [7, 11) is -3.82. The van der Waals surface area contributed by atoms with Crippen molar-refractivity contribution in [2.75, 3.05) is 0 Å². The van der Waals surface area contributed by atoms with Crippen molar-refractivity contribution in [1.29, 1.82) is 0 Å². The summed E-state index contributed by atoms with van der Waals surface area (Å²) in [5, 5.41) is 5.17. The fraction of sp³-hybridized carbons (Fsp3) is 0.500. The zero-order valence-corrected chi connectivity index (χ0v) is 45.2. The van der Waals surface area contributed by atoms with Gasteiger partial charge in [-0.2, -0.15) is 0 Å². The number of halogens is 20. The third-order valence-corrected chi connectivity index (χ3v) is 25.2. The van der Waals surface area contributed by atoms with Crippen LogP contribution in [0.5, 0.6) is 0 Å². The minimum absolute atomic E-state index is 0.0504. The first kappa shape index (κ1) is 64.1. The Kier molecular flexibility index (Phi) is 17.6. The van der Waals surface area contributed by atoms with E-state index < -0.39 is 159 Å². The molecule has 0 unspecified atom stereocenters. The zero-order valence-electron chi connectivity index (χ0n) is 43.4. The van der Waals surface area contributed by atoms with E-state index in [0.717, 1.165) is 0 Å². The molecule has 0 radical (unpaired) electrons. The molecule has 0 saturated heterocycles. The lowest BCUT2D eigenvalue weighted by molar-refractivity contribution is 0.378. The molecule has 0 bridgehead atoms. The van der Waals surface area contributed by atoms with Crippen LogP contribution in [-0.4, -0.2) is 37.1 Å². The van der Waals surface area contributed by atoms with Gasteiger partial charge in [-0.3, -0.25) is 0 Å². The van der Waals surface area contributed by atoms with Gasteiger partial charge in [0.2, 0.25) is 0 Å². The van der Waals surface area contributed by atoms with Crippen LogP contribution in [0.1, 0.15) is 125 Å². The summed E-state index contributed by atoms with van der Waals surface area (Å²) < 4.78 is 294. The van der Waals surface area contributed by atoms with Crippen molar-refractivity contribution in [1.82, 2.24) is 0 Å². The molecule has 0 atom stereocenters. The molecule has 74 heavy (non-hydrogen) atoms. The SMILES string of the molecule is CC(C)(C)P(=N/N=N/[P+](C(C)(C)C)(C(C)(C)C)C(C)(C)C)(C(C)(C)C)C(C)(C)C.Fc1c(F)c(F)c([B-](c2c(F)c(F)c(F)c(F)c2F)(c2c(F)c(F)c(F)c(F)c2F)c2c(F)c(F)c(F)c(F)c2F)c(F)c1F. The second-order valence-corrected chi connectivity index (χ2v) is 34.3. The third-order valence-electron chi connectivity index (χ3n) is 12.9. The summed E-state index contributed by atoms with van der Waals surface area (Å²) in [6.45, 7) is 42.2. The van der Waals surface area contributed by atoms with Gasteiger partial charge in [0.15, 0.2) is 77.2 Å². The van der Waals surface area contributed by atoms with Crippen molar-refractivity contribution in [3.63, 3.8) is 0 Å². The van der Waals surface area contributed by atoms with Crippen LogP contribution in [-0.2, 0) is 0 Å². The normalized spacial score (nSPS) is 13.8. The average Bonchev–Trinajstić information content (AvgIpc) is 3.23. The van der Waals surface area contributed by atoms with Crippen LogP contribution >= 0.6 is 14.5 Å². The van der Waals surface area contributed by atoms with E-state index in [1.807, 2.05) is 0 Å². The standard InChI is InChI=1S/C24BF20.C24H54N3P2/c26-5-1(6(27)14(35)21(42)13(5)34)25(2-7(28)15(36)22(43)16(37)8(2)29,3-9(30)17(38)23(44)18(39)10(3)31)4-11(32)19(40)24(45)20(41)12(4)33;1-19(2,3)28(20(4,5)6,21(7,8)9)26-25-27-29(22(10,11)12,23(13,14)15)24(16,17)18/h;1-18H3/q-1;+1/b;26-25+. The molecule has 4 rings (SSSR count). The van der Waals surface area contributed by atoms with E-state index in [1.165, 1.54) is 0 Å². The van der Waals surface area contributed by atoms with E-state index in [9.17, 15) is 52.7 Å². The predicted molar refractivity (Wildman–Crippen MR) is 249 cm³/mol. The Bertz CT molecular complexity index is 2510. The number of benzene rings is 4. The highest BCUT2D eigenvalue weighted by molar-refractivity contribution is 7.78. The quantitative estimate of drug-likeness (QED) is 0.0351. The predicted octanol–water partition coefficient (Wildman–Crippen LogP) is 16.1. The fourth-order valence-corrected chi connectivity index (χ4v) is 25.9. The van der Waals surface area contributed by atoms with Crippen LogP contribution in [0.3, 0.4) is 0 Å². The van der Waals surface area contributed by atoms with Crippen molar-refractivity contribution in [2.45, 2.75) is 156 Å². The molecule has 0 fully saturated rings. The Labute approximate surface area is 416 Å². The number of hydrogen-bond donors (Lipinski definition) is 0. The lowest BCUT2D eigenvalue weighted by Gasteiger charge is -2.53. The Morgan fingerprint density at radius 1 is 0.270 bits per heavy atom. The Morgan fingerprint density at radius 3 is 0.554 bits per heavy atom. The van der Waals surface area contributed by atoms with Crippen LogP contribution in [0.4, 0.5) is 87.8 Å². The molecule has 26 heteroatoms. The van der Waals surface area contributed by atoms with Gasteiger partial charge in [0.05, 0.1) is 15.5 Å². The molecule has 0 spiro atoms. The van der Waals surface area contributed by atoms with Gasteiger partial charge in [-0.1, -0.05) is 62.3 Å². The summed E-state index contributed by atoms with van der Waals surface area (Å²) in [5.41, 5.74) is -14.3. The smallest absolute Gasteiger partial charge is 0.200 e. The monoisotopic (exact) mass is 1130 g/mol. The summed E-state index contributed by atoms with van der Waals surface area (Å²) in [6, 6.07) is 0. The first-order chi connectivity index (χ1) is 32.9. The van der Waals surface area contributed by atoms with Gasteiger partial charge in [-0.05, 0) is 72.4 Å². The summed E-state index contributed by atoms with van der Waals surface area (Å²) in [4.78, 5) is 10.6. The fourth-order valence-electron chi connectivity index (χ4n) is 11.9. The van der Waals surface area contributed by atoms with Crippen LogP contribution in [0.2, 0.25) is 0 Å². The van der Waals surface area contributed by atoms with E-state index in [4.69, 9.17) is 15.0 Å². The first-order valence-electron chi connectivity index (χ1n) is 22.1. The van der Waals surface area contributed by atoms with Gasteiger partial charge < -0.3 is 0 Å². The summed E-state index contributed by atoms with van der Waals surface area (Å²) >= 11 is 0. The Balaban J connectivity index is 0.000000433. The minimum atomic E-state index is -7.22. The van der Waals surface area contributed by atoms with E-state index >= 15 is 35.1 Å². The molecule has 0 aliphatic carbocycles. The molecule has 0 heterocycles. The Morgan fingerprint density at radius 2 is 0.419 bits per heavy atom. The summed E-state index contributed by atoms with van der Waals surface area (Å²) in [5.74, 6) is -71.4. The molecule has 0 saturated carbocycles. The average molecular weight is 1130 g/mol. The minimum Gasteiger partial charge on any atom is -0.207 e. The third kappa shape index (κ3) is 9.57. The highest BCUT2D eigenvalue weighted by Crippen LogP contribution is 2.85. The number of nitrogens with zero attached hydrogens (tertiary/aromatic N) is 3. The van der Waals surface area contributed by atoms with E-state index in [2.05, 4.69) is 125 Å². The largest absolute Gasteiger partial charge is 0.207 e. The van der Waals surface area contributed by atoms with Crippen molar-refractivity contribution < 1.29 is 87.8 Å². The summed E-state index contributed by atoms with van der Waals surface area (Å²) in [6.07, 6.45) is -7.22.